The smallest absolute Gasteiger partial charge is 0.354 e. The van der Waals surface area contributed by atoms with Crippen LogP contribution < -0.4 is 5.32 Å². The number of nitrogens with zero attached hydrogens (tertiary/aromatic N) is 2. The van der Waals surface area contributed by atoms with Crippen molar-refractivity contribution in [1.29, 1.82) is 5.41 Å². The minimum absolute atomic E-state index is 0.0505. The Kier molecular flexibility index (Phi) is 3.29. The number of hydrogen-bond acceptors (Lipinski definition) is 5. The summed E-state index contributed by atoms with van der Waals surface area (Å²) in [5.41, 5.74) is 1.96. The normalized spacial score (nSPS) is 16.0. The van der Waals surface area contributed by atoms with Crippen LogP contribution in [0.25, 0.3) is 5.57 Å². The zero-order chi connectivity index (χ0) is 13.0. The summed E-state index contributed by atoms with van der Waals surface area (Å²) >= 11 is 0. The largest absolute Gasteiger partial charge is 0.477 e. The van der Waals surface area contributed by atoms with Gasteiger partial charge in [0.2, 0.25) is 0 Å². The lowest BCUT2D eigenvalue weighted by molar-refractivity contribution is 0.0690. The molecule has 0 amide bonds. The van der Waals surface area contributed by atoms with E-state index in [0.717, 1.165) is 17.5 Å². The number of carboxylic acids is 1. The van der Waals surface area contributed by atoms with Crippen LogP contribution in [-0.4, -0.2) is 27.3 Å². The van der Waals surface area contributed by atoms with Gasteiger partial charge in [0.1, 0.15) is 6.33 Å². The molecule has 6 heteroatoms. The van der Waals surface area contributed by atoms with E-state index in [1.165, 1.54) is 12.4 Å². The van der Waals surface area contributed by atoms with E-state index in [9.17, 15) is 4.79 Å². The van der Waals surface area contributed by atoms with Crippen molar-refractivity contribution in [2.75, 3.05) is 0 Å². The van der Waals surface area contributed by atoms with Crippen molar-refractivity contribution in [1.82, 2.24) is 15.3 Å². The van der Waals surface area contributed by atoms with Crippen LogP contribution in [0.4, 0.5) is 0 Å². The fraction of sp³-hybridized carbons (Fsp3) is 0. The summed E-state index contributed by atoms with van der Waals surface area (Å²) in [5.74, 6) is -1.09. The summed E-state index contributed by atoms with van der Waals surface area (Å²) in [6.07, 6.45) is 9.22. The third-order valence-corrected chi connectivity index (χ3v) is 2.27. The van der Waals surface area contributed by atoms with Crippen LogP contribution in [0.3, 0.4) is 0 Å². The van der Waals surface area contributed by atoms with Crippen LogP contribution in [0.5, 0.6) is 0 Å². The second-order valence-corrected chi connectivity index (χ2v) is 3.46. The van der Waals surface area contributed by atoms with Gasteiger partial charge in [0.25, 0.3) is 0 Å². The first-order chi connectivity index (χ1) is 8.70. The Bertz CT molecular complexity index is 587. The van der Waals surface area contributed by atoms with Crippen LogP contribution in [0.1, 0.15) is 16.2 Å². The molecule has 1 aliphatic heterocycles. The van der Waals surface area contributed by atoms with E-state index in [-0.39, 0.29) is 5.69 Å². The van der Waals surface area contributed by atoms with E-state index in [2.05, 4.69) is 15.3 Å². The van der Waals surface area contributed by atoms with Crippen LogP contribution in [-0.2, 0) is 0 Å². The fourth-order valence-electron chi connectivity index (χ4n) is 1.46. The molecule has 6 nitrogen and oxygen atoms in total. The topological polar surface area (TPSA) is 99.0 Å². The van der Waals surface area contributed by atoms with Crippen molar-refractivity contribution in [2.45, 2.75) is 0 Å². The Morgan fingerprint density at radius 3 is 3.00 bits per heavy atom. The molecule has 1 aliphatic rings. The van der Waals surface area contributed by atoms with Gasteiger partial charge in [-0.25, -0.2) is 14.8 Å². The van der Waals surface area contributed by atoms with E-state index in [4.69, 9.17) is 10.5 Å². The maximum atomic E-state index is 10.8. The molecule has 0 aliphatic carbocycles. The first kappa shape index (κ1) is 11.7. The predicted molar refractivity (Wildman–Crippen MR) is 66.1 cm³/mol. The monoisotopic (exact) mass is 242 g/mol. The SMILES string of the molecule is N=C/C=C1/C=C(c2cc(C(=O)O)ncn2)C=CN1. The highest BCUT2D eigenvalue weighted by molar-refractivity contribution is 5.87. The molecule has 0 radical (unpaired) electrons. The average molecular weight is 242 g/mol. The molecular weight excluding hydrogens is 232 g/mol. The zero-order valence-corrected chi connectivity index (χ0v) is 9.29. The Labute approximate surface area is 103 Å². The molecule has 0 spiro atoms. The zero-order valence-electron chi connectivity index (χ0n) is 9.29. The summed E-state index contributed by atoms with van der Waals surface area (Å²) in [6, 6.07) is 1.41. The molecule has 2 heterocycles. The number of allylic oxidation sites excluding steroid dienone is 4. The van der Waals surface area contributed by atoms with Crippen molar-refractivity contribution in [3.05, 3.63) is 53.9 Å². The van der Waals surface area contributed by atoms with Gasteiger partial charge in [-0.15, -0.1) is 0 Å². The molecule has 0 saturated carbocycles. The third-order valence-electron chi connectivity index (χ3n) is 2.27. The highest BCUT2D eigenvalue weighted by atomic mass is 16.4. The molecule has 0 fully saturated rings. The summed E-state index contributed by atoms with van der Waals surface area (Å²) in [5, 5.41) is 18.8. The Morgan fingerprint density at radius 1 is 1.44 bits per heavy atom. The lowest BCUT2D eigenvalue weighted by atomic mass is 10.1. The molecule has 0 aromatic carbocycles. The predicted octanol–water partition coefficient (Wildman–Crippen LogP) is 1.21. The molecule has 1 aromatic heterocycles. The number of nitrogens with one attached hydrogen (secondary N) is 2. The van der Waals surface area contributed by atoms with E-state index in [0.29, 0.717) is 5.69 Å². The van der Waals surface area contributed by atoms with Crippen molar-refractivity contribution in [3.8, 4) is 0 Å². The quantitative estimate of drug-likeness (QED) is 0.692. The van der Waals surface area contributed by atoms with E-state index in [1.807, 2.05) is 0 Å². The molecule has 18 heavy (non-hydrogen) atoms. The first-order valence-corrected chi connectivity index (χ1v) is 5.12. The van der Waals surface area contributed by atoms with Gasteiger partial charge in [0, 0.05) is 23.7 Å². The Balaban J connectivity index is 2.39. The van der Waals surface area contributed by atoms with Crippen molar-refractivity contribution in [2.24, 2.45) is 0 Å². The maximum absolute atomic E-state index is 10.8. The van der Waals surface area contributed by atoms with Crippen molar-refractivity contribution in [3.63, 3.8) is 0 Å². The summed E-state index contributed by atoms with van der Waals surface area (Å²) in [4.78, 5) is 18.5. The van der Waals surface area contributed by atoms with Gasteiger partial charge in [0.15, 0.2) is 5.69 Å². The molecule has 2 rings (SSSR count). The van der Waals surface area contributed by atoms with Crippen LogP contribution >= 0.6 is 0 Å². The number of hydrogen-bond donors (Lipinski definition) is 3. The summed E-state index contributed by atoms with van der Waals surface area (Å²) < 4.78 is 0. The minimum Gasteiger partial charge on any atom is -0.477 e. The van der Waals surface area contributed by atoms with Gasteiger partial charge in [-0.1, -0.05) is 0 Å². The molecule has 0 unspecified atom stereocenters. The van der Waals surface area contributed by atoms with E-state index < -0.39 is 5.97 Å². The lowest BCUT2D eigenvalue weighted by Gasteiger charge is -2.10. The van der Waals surface area contributed by atoms with Gasteiger partial charge in [-0.3, -0.25) is 0 Å². The highest BCUT2D eigenvalue weighted by Gasteiger charge is 2.09. The van der Waals surface area contributed by atoms with Gasteiger partial charge < -0.3 is 15.8 Å². The first-order valence-electron chi connectivity index (χ1n) is 5.12. The lowest BCUT2D eigenvalue weighted by Crippen LogP contribution is -2.08. The van der Waals surface area contributed by atoms with Crippen LogP contribution in [0, 0.1) is 5.41 Å². The number of carbonyl (C=O) groups is 1. The van der Waals surface area contributed by atoms with E-state index >= 15 is 0 Å². The molecule has 3 N–H and O–H groups in total. The van der Waals surface area contributed by atoms with Crippen molar-refractivity contribution < 1.29 is 9.90 Å². The summed E-state index contributed by atoms with van der Waals surface area (Å²) in [6.45, 7) is 0. The Hall–Kier alpha value is -2.76. The molecule has 0 bridgehead atoms. The second kappa shape index (κ2) is 5.05. The molecule has 1 aromatic rings. The van der Waals surface area contributed by atoms with Crippen LogP contribution in [0.15, 0.2) is 42.5 Å². The van der Waals surface area contributed by atoms with Crippen molar-refractivity contribution >= 4 is 17.8 Å². The molecule has 90 valence electrons. The highest BCUT2D eigenvalue weighted by Crippen LogP contribution is 2.18. The maximum Gasteiger partial charge on any atom is 0.354 e. The minimum atomic E-state index is -1.09. The van der Waals surface area contributed by atoms with Gasteiger partial charge in [-0.2, -0.15) is 0 Å². The molecular formula is C12H10N4O2. The Morgan fingerprint density at radius 2 is 2.28 bits per heavy atom. The number of rotatable bonds is 3. The fourth-order valence-corrected chi connectivity index (χ4v) is 1.46. The standard InChI is InChI=1S/C12H10N4O2/c13-3-1-9-5-8(2-4-14-9)10-6-11(12(17)18)16-7-15-10/h1-7,13-14H,(H,17,18)/b9-1-,13-3?. The van der Waals surface area contributed by atoms with E-state index in [1.54, 1.807) is 24.4 Å². The van der Waals surface area contributed by atoms with Gasteiger partial charge >= 0.3 is 5.97 Å². The average Bonchev–Trinajstić information content (AvgIpc) is 2.39. The number of carboxylic acid groups (broad SMARTS) is 1. The van der Waals surface area contributed by atoms with Crippen LogP contribution in [0.2, 0.25) is 0 Å². The number of aromatic nitrogens is 2. The summed E-state index contributed by atoms with van der Waals surface area (Å²) in [7, 11) is 0. The van der Waals surface area contributed by atoms with Gasteiger partial charge in [-0.05, 0) is 24.3 Å². The third kappa shape index (κ3) is 2.49. The molecule has 0 saturated heterocycles. The second-order valence-electron chi connectivity index (χ2n) is 3.46. The molecule has 0 atom stereocenters. The number of aromatic carboxylic acids is 1. The van der Waals surface area contributed by atoms with Gasteiger partial charge in [0.05, 0.1) is 5.69 Å². The number of dihydropyridines is 1.